The van der Waals surface area contributed by atoms with Crippen molar-refractivity contribution < 1.29 is 22.7 Å². The Morgan fingerprint density at radius 3 is 2.48 bits per heavy atom. The van der Waals surface area contributed by atoms with Gasteiger partial charge in [-0.15, -0.1) is 24.0 Å². The van der Waals surface area contributed by atoms with Gasteiger partial charge in [0.1, 0.15) is 5.75 Å². The molecule has 3 N–H and O–H groups in total. The Labute approximate surface area is 183 Å². The van der Waals surface area contributed by atoms with Crippen LogP contribution in [0.4, 0.5) is 18.9 Å². The molecule has 0 saturated carbocycles. The maximum atomic E-state index is 12.1. The number of rotatable bonds is 7. The SMILES string of the molecule is CN=C(NCC(=O)Nc1cccnc1)NCc1ccc(OCC(F)(F)F)cc1.I. The van der Waals surface area contributed by atoms with Crippen molar-refractivity contribution in [2.45, 2.75) is 12.7 Å². The Kier molecular flexibility index (Phi) is 10.2. The second-order valence-corrected chi connectivity index (χ2v) is 5.62. The summed E-state index contributed by atoms with van der Waals surface area (Å²) in [5, 5.41) is 8.55. The van der Waals surface area contributed by atoms with Gasteiger partial charge < -0.3 is 20.7 Å². The molecule has 0 spiro atoms. The Balaban J connectivity index is 0.00000420. The number of guanidine groups is 1. The largest absolute Gasteiger partial charge is 0.484 e. The van der Waals surface area contributed by atoms with Gasteiger partial charge in [-0.25, -0.2) is 0 Å². The van der Waals surface area contributed by atoms with E-state index in [4.69, 9.17) is 0 Å². The summed E-state index contributed by atoms with van der Waals surface area (Å²) in [6.07, 6.45) is -1.23. The van der Waals surface area contributed by atoms with Gasteiger partial charge in [0.2, 0.25) is 5.91 Å². The van der Waals surface area contributed by atoms with Gasteiger partial charge in [0, 0.05) is 19.8 Å². The van der Waals surface area contributed by atoms with Crippen LogP contribution in [0.25, 0.3) is 0 Å². The van der Waals surface area contributed by atoms with Gasteiger partial charge in [-0.2, -0.15) is 13.2 Å². The molecule has 0 atom stereocenters. The molecule has 0 radical (unpaired) electrons. The molecular formula is C18H21F3IN5O2. The highest BCUT2D eigenvalue weighted by atomic mass is 127. The van der Waals surface area contributed by atoms with Crippen LogP contribution in [0.2, 0.25) is 0 Å². The Morgan fingerprint density at radius 2 is 1.90 bits per heavy atom. The third-order valence-electron chi connectivity index (χ3n) is 3.37. The van der Waals surface area contributed by atoms with Crippen molar-refractivity contribution in [3.8, 4) is 5.75 Å². The minimum absolute atomic E-state index is 0. The summed E-state index contributed by atoms with van der Waals surface area (Å²) in [6, 6.07) is 9.63. The molecule has 0 aliphatic carbocycles. The number of halogens is 4. The molecule has 0 fully saturated rings. The van der Waals surface area contributed by atoms with E-state index in [1.165, 1.54) is 18.3 Å². The number of ether oxygens (including phenoxy) is 1. The van der Waals surface area contributed by atoms with E-state index in [0.717, 1.165) is 5.56 Å². The number of alkyl halides is 3. The smallest absolute Gasteiger partial charge is 0.422 e. The third kappa shape index (κ3) is 9.96. The van der Waals surface area contributed by atoms with Crippen LogP contribution >= 0.6 is 24.0 Å². The molecule has 0 aliphatic heterocycles. The molecule has 2 aromatic rings. The van der Waals surface area contributed by atoms with Crippen LogP contribution in [-0.4, -0.2) is 43.2 Å². The quantitative estimate of drug-likeness (QED) is 0.295. The number of carbonyl (C=O) groups excluding carboxylic acids is 1. The van der Waals surface area contributed by atoms with Crippen molar-refractivity contribution in [3.63, 3.8) is 0 Å². The normalized spacial score (nSPS) is 11.2. The number of pyridine rings is 1. The van der Waals surface area contributed by atoms with Gasteiger partial charge in [-0.05, 0) is 29.8 Å². The molecule has 11 heteroatoms. The highest BCUT2D eigenvalue weighted by molar-refractivity contribution is 14.0. The molecule has 0 saturated heterocycles. The zero-order chi connectivity index (χ0) is 20.4. The highest BCUT2D eigenvalue weighted by Gasteiger charge is 2.28. The van der Waals surface area contributed by atoms with Gasteiger partial charge >= 0.3 is 6.18 Å². The number of carbonyl (C=O) groups is 1. The lowest BCUT2D eigenvalue weighted by Crippen LogP contribution is -2.41. The van der Waals surface area contributed by atoms with Gasteiger partial charge in [0.25, 0.3) is 0 Å². The van der Waals surface area contributed by atoms with E-state index in [0.29, 0.717) is 18.2 Å². The van der Waals surface area contributed by atoms with Crippen molar-refractivity contribution in [2.75, 3.05) is 25.5 Å². The topological polar surface area (TPSA) is 87.6 Å². The maximum absolute atomic E-state index is 12.1. The zero-order valence-electron chi connectivity index (χ0n) is 15.5. The molecule has 7 nitrogen and oxygen atoms in total. The van der Waals surface area contributed by atoms with Gasteiger partial charge in [0.15, 0.2) is 12.6 Å². The van der Waals surface area contributed by atoms with Crippen LogP contribution in [0.1, 0.15) is 5.56 Å². The molecule has 0 aliphatic rings. The molecule has 2 rings (SSSR count). The number of hydrogen-bond acceptors (Lipinski definition) is 4. The first-order valence-corrected chi connectivity index (χ1v) is 8.28. The van der Waals surface area contributed by atoms with Crippen molar-refractivity contribution in [1.82, 2.24) is 15.6 Å². The number of aliphatic imine (C=N–C) groups is 1. The average Bonchev–Trinajstić information content (AvgIpc) is 2.67. The van der Waals surface area contributed by atoms with Crippen LogP contribution in [0.5, 0.6) is 5.75 Å². The molecule has 1 heterocycles. The molecule has 1 amide bonds. The number of benzene rings is 1. The molecule has 1 aromatic carbocycles. The predicted molar refractivity (Wildman–Crippen MR) is 114 cm³/mol. The summed E-state index contributed by atoms with van der Waals surface area (Å²) in [7, 11) is 1.56. The van der Waals surface area contributed by atoms with E-state index < -0.39 is 12.8 Å². The van der Waals surface area contributed by atoms with Crippen molar-refractivity contribution >= 4 is 41.5 Å². The second-order valence-electron chi connectivity index (χ2n) is 5.62. The third-order valence-corrected chi connectivity index (χ3v) is 3.37. The van der Waals surface area contributed by atoms with E-state index in [1.807, 2.05) is 0 Å². The van der Waals surface area contributed by atoms with Gasteiger partial charge in [-0.1, -0.05) is 12.1 Å². The lowest BCUT2D eigenvalue weighted by atomic mass is 10.2. The molecule has 0 unspecified atom stereocenters. The monoisotopic (exact) mass is 523 g/mol. The number of amides is 1. The molecule has 158 valence electrons. The first-order chi connectivity index (χ1) is 13.4. The summed E-state index contributed by atoms with van der Waals surface area (Å²) >= 11 is 0. The van der Waals surface area contributed by atoms with Gasteiger partial charge in [0.05, 0.1) is 18.4 Å². The van der Waals surface area contributed by atoms with Crippen molar-refractivity contribution in [3.05, 3.63) is 54.4 Å². The second kappa shape index (κ2) is 12.1. The lowest BCUT2D eigenvalue weighted by molar-refractivity contribution is -0.153. The Hall–Kier alpha value is -2.57. The fraction of sp³-hybridized carbons (Fsp3) is 0.278. The van der Waals surface area contributed by atoms with Gasteiger partial charge in [-0.3, -0.25) is 14.8 Å². The number of hydrogen-bond donors (Lipinski definition) is 3. The minimum atomic E-state index is -4.37. The van der Waals surface area contributed by atoms with Crippen LogP contribution in [0.15, 0.2) is 53.8 Å². The summed E-state index contributed by atoms with van der Waals surface area (Å²) in [5.41, 5.74) is 1.40. The van der Waals surface area contributed by atoms with Crippen LogP contribution in [-0.2, 0) is 11.3 Å². The highest BCUT2D eigenvalue weighted by Crippen LogP contribution is 2.18. The number of nitrogens with zero attached hydrogens (tertiary/aromatic N) is 2. The zero-order valence-corrected chi connectivity index (χ0v) is 17.8. The Morgan fingerprint density at radius 1 is 1.17 bits per heavy atom. The molecular weight excluding hydrogens is 502 g/mol. The summed E-state index contributed by atoms with van der Waals surface area (Å²) in [4.78, 5) is 19.8. The standard InChI is InChI=1S/C18H20F3N5O2.HI/c1-22-17(25-11-16(27)26-14-3-2-8-23-10-14)24-9-13-4-6-15(7-5-13)28-12-18(19,20)21;/h2-8,10H,9,11-12H2,1H3,(H,26,27)(H2,22,24,25);1H. The van der Waals surface area contributed by atoms with Crippen molar-refractivity contribution in [1.29, 1.82) is 0 Å². The number of nitrogens with one attached hydrogen (secondary N) is 3. The Bertz CT molecular complexity index is 786. The van der Waals surface area contributed by atoms with E-state index in [-0.39, 0.29) is 42.2 Å². The summed E-state index contributed by atoms with van der Waals surface area (Å²) in [6.45, 7) is -0.968. The molecule has 0 bridgehead atoms. The molecule has 29 heavy (non-hydrogen) atoms. The first kappa shape index (κ1) is 24.5. The van der Waals surface area contributed by atoms with Crippen LogP contribution < -0.4 is 20.7 Å². The van der Waals surface area contributed by atoms with E-state index in [2.05, 4.69) is 30.7 Å². The fourth-order valence-corrected chi connectivity index (χ4v) is 2.08. The molecule has 1 aromatic heterocycles. The van der Waals surface area contributed by atoms with E-state index in [1.54, 1.807) is 37.5 Å². The van der Waals surface area contributed by atoms with Crippen LogP contribution in [0.3, 0.4) is 0 Å². The lowest BCUT2D eigenvalue weighted by Gasteiger charge is -2.13. The maximum Gasteiger partial charge on any atom is 0.422 e. The number of anilines is 1. The minimum Gasteiger partial charge on any atom is -0.484 e. The fourth-order valence-electron chi connectivity index (χ4n) is 2.08. The average molecular weight is 523 g/mol. The summed E-state index contributed by atoms with van der Waals surface area (Å²) in [5.74, 6) is 0.275. The van der Waals surface area contributed by atoms with Crippen LogP contribution in [0, 0.1) is 0 Å². The van der Waals surface area contributed by atoms with E-state index >= 15 is 0 Å². The van der Waals surface area contributed by atoms with Crippen molar-refractivity contribution in [2.24, 2.45) is 4.99 Å². The summed E-state index contributed by atoms with van der Waals surface area (Å²) < 4.78 is 41.1. The first-order valence-electron chi connectivity index (χ1n) is 8.28. The van der Waals surface area contributed by atoms with E-state index in [9.17, 15) is 18.0 Å². The number of aromatic nitrogens is 1. The predicted octanol–water partition coefficient (Wildman–Crippen LogP) is 2.94.